The summed E-state index contributed by atoms with van der Waals surface area (Å²) in [6.07, 6.45) is 0.549. The minimum atomic E-state index is -0.570. The average molecular weight is 242 g/mol. The maximum absolute atomic E-state index is 12.2. The van der Waals surface area contributed by atoms with E-state index in [-0.39, 0.29) is 5.91 Å². The molecule has 4 heteroatoms. The van der Waals surface area contributed by atoms with Gasteiger partial charge in [-0.05, 0) is 25.5 Å². The first-order chi connectivity index (χ1) is 8.59. The molecule has 0 saturated heterocycles. The van der Waals surface area contributed by atoms with Gasteiger partial charge in [-0.2, -0.15) is 0 Å². The van der Waals surface area contributed by atoms with Gasteiger partial charge in [0, 0.05) is 18.2 Å². The standard InChI is InChI=1S/C14H14N2O2/c1-9-7-10(16-18-9)8-14(2)11-5-3-4-6-12(11)15-13(14)17/h3-7H,8H2,1-2H3,(H,15,17). The SMILES string of the molecule is Cc1cc(CC2(C)C(=O)Nc3ccccc32)no1. The molecule has 1 aliphatic rings. The Morgan fingerprint density at radius 2 is 2.17 bits per heavy atom. The molecule has 0 bridgehead atoms. The van der Waals surface area contributed by atoms with Crippen molar-refractivity contribution in [1.82, 2.24) is 5.16 Å². The van der Waals surface area contributed by atoms with Crippen molar-refractivity contribution in [1.29, 1.82) is 0 Å². The van der Waals surface area contributed by atoms with Crippen molar-refractivity contribution >= 4 is 11.6 Å². The molecule has 0 radical (unpaired) electrons. The number of aromatic nitrogens is 1. The van der Waals surface area contributed by atoms with Crippen LogP contribution in [0.5, 0.6) is 0 Å². The summed E-state index contributed by atoms with van der Waals surface area (Å²) in [6.45, 7) is 3.79. The number of benzene rings is 1. The zero-order valence-corrected chi connectivity index (χ0v) is 10.4. The fourth-order valence-electron chi connectivity index (χ4n) is 2.49. The molecule has 18 heavy (non-hydrogen) atoms. The highest BCUT2D eigenvalue weighted by atomic mass is 16.5. The molecule has 3 rings (SSSR count). The van der Waals surface area contributed by atoms with Crippen molar-refractivity contribution in [2.24, 2.45) is 0 Å². The van der Waals surface area contributed by atoms with Crippen molar-refractivity contribution in [3.63, 3.8) is 0 Å². The van der Waals surface area contributed by atoms with Gasteiger partial charge in [0.1, 0.15) is 5.76 Å². The Bertz CT molecular complexity index is 618. The molecule has 92 valence electrons. The molecule has 1 unspecified atom stereocenters. The fourth-order valence-corrected chi connectivity index (χ4v) is 2.49. The molecule has 2 aromatic rings. The van der Waals surface area contributed by atoms with E-state index in [2.05, 4.69) is 10.5 Å². The van der Waals surface area contributed by atoms with Crippen LogP contribution in [0.4, 0.5) is 5.69 Å². The van der Waals surface area contributed by atoms with Gasteiger partial charge in [0.05, 0.1) is 11.1 Å². The lowest BCUT2D eigenvalue weighted by atomic mass is 9.79. The number of hydrogen-bond donors (Lipinski definition) is 1. The van der Waals surface area contributed by atoms with Gasteiger partial charge in [0.2, 0.25) is 5.91 Å². The van der Waals surface area contributed by atoms with Crippen molar-refractivity contribution in [3.8, 4) is 0 Å². The van der Waals surface area contributed by atoms with Crippen LogP contribution in [0, 0.1) is 6.92 Å². The number of rotatable bonds is 2. The highest BCUT2D eigenvalue weighted by molar-refractivity contribution is 6.06. The summed E-state index contributed by atoms with van der Waals surface area (Å²) in [5.74, 6) is 0.782. The molecule has 2 heterocycles. The second-order valence-electron chi connectivity index (χ2n) is 4.94. The molecular formula is C14H14N2O2. The van der Waals surface area contributed by atoms with Crippen molar-refractivity contribution < 1.29 is 9.32 Å². The Morgan fingerprint density at radius 3 is 2.89 bits per heavy atom. The second kappa shape index (κ2) is 3.70. The van der Waals surface area contributed by atoms with Gasteiger partial charge in [-0.25, -0.2) is 0 Å². The molecule has 1 aromatic heterocycles. The normalized spacial score (nSPS) is 21.8. The minimum absolute atomic E-state index is 0.0179. The third-order valence-electron chi connectivity index (χ3n) is 3.48. The van der Waals surface area contributed by atoms with E-state index in [0.29, 0.717) is 6.42 Å². The molecule has 1 N–H and O–H groups in total. The third-order valence-corrected chi connectivity index (χ3v) is 3.48. The van der Waals surface area contributed by atoms with E-state index in [9.17, 15) is 4.79 Å². The summed E-state index contributed by atoms with van der Waals surface area (Å²) in [6, 6.07) is 9.66. The molecule has 0 fully saturated rings. The van der Waals surface area contributed by atoms with Gasteiger partial charge in [-0.1, -0.05) is 23.4 Å². The number of amides is 1. The predicted octanol–water partition coefficient (Wildman–Crippen LogP) is 2.44. The van der Waals surface area contributed by atoms with Gasteiger partial charge in [-0.15, -0.1) is 0 Å². The summed E-state index contributed by atoms with van der Waals surface area (Å²) < 4.78 is 5.06. The van der Waals surface area contributed by atoms with Crippen LogP contribution in [0.25, 0.3) is 0 Å². The van der Waals surface area contributed by atoms with Gasteiger partial charge in [0.15, 0.2) is 0 Å². The Kier molecular flexibility index (Phi) is 2.26. The van der Waals surface area contributed by atoms with E-state index in [0.717, 1.165) is 22.7 Å². The van der Waals surface area contributed by atoms with E-state index < -0.39 is 5.41 Å². The largest absolute Gasteiger partial charge is 0.361 e. The number of carbonyl (C=O) groups excluding carboxylic acids is 1. The van der Waals surface area contributed by atoms with Crippen LogP contribution >= 0.6 is 0 Å². The highest BCUT2D eigenvalue weighted by Gasteiger charge is 2.43. The summed E-state index contributed by atoms with van der Waals surface area (Å²) in [7, 11) is 0. The summed E-state index contributed by atoms with van der Waals surface area (Å²) in [5, 5.41) is 6.89. The molecule has 1 aliphatic heterocycles. The van der Waals surface area contributed by atoms with E-state index in [1.165, 1.54) is 0 Å². The molecular weight excluding hydrogens is 228 g/mol. The highest BCUT2D eigenvalue weighted by Crippen LogP contribution is 2.39. The molecule has 1 atom stereocenters. The minimum Gasteiger partial charge on any atom is -0.361 e. The number of nitrogens with zero attached hydrogens (tertiary/aromatic N) is 1. The van der Waals surface area contributed by atoms with Crippen LogP contribution in [-0.4, -0.2) is 11.1 Å². The van der Waals surface area contributed by atoms with Crippen LogP contribution in [0.2, 0.25) is 0 Å². The number of fused-ring (bicyclic) bond motifs is 1. The summed E-state index contributed by atoms with van der Waals surface area (Å²) in [4.78, 5) is 12.2. The number of para-hydroxylation sites is 1. The maximum Gasteiger partial charge on any atom is 0.235 e. The molecule has 1 aromatic carbocycles. The van der Waals surface area contributed by atoms with Gasteiger partial charge in [-0.3, -0.25) is 4.79 Å². The zero-order valence-electron chi connectivity index (χ0n) is 10.4. The Balaban J connectivity index is 2.01. The number of hydrogen-bond acceptors (Lipinski definition) is 3. The average Bonchev–Trinajstić information content (AvgIpc) is 2.84. The van der Waals surface area contributed by atoms with Crippen LogP contribution in [0.1, 0.15) is 23.9 Å². The number of aryl methyl sites for hydroxylation is 1. The fraction of sp³-hybridized carbons (Fsp3) is 0.286. The smallest absolute Gasteiger partial charge is 0.235 e. The summed E-state index contributed by atoms with van der Waals surface area (Å²) in [5.41, 5.74) is 2.16. The second-order valence-corrected chi connectivity index (χ2v) is 4.94. The van der Waals surface area contributed by atoms with Crippen molar-refractivity contribution in [3.05, 3.63) is 47.3 Å². The number of nitrogens with one attached hydrogen (secondary N) is 1. The Labute approximate surface area is 105 Å². The predicted molar refractivity (Wildman–Crippen MR) is 67.4 cm³/mol. The lowest BCUT2D eigenvalue weighted by Crippen LogP contribution is -2.33. The Morgan fingerprint density at radius 1 is 1.39 bits per heavy atom. The molecule has 0 aliphatic carbocycles. The third kappa shape index (κ3) is 1.53. The summed E-state index contributed by atoms with van der Waals surface area (Å²) >= 11 is 0. The molecule has 4 nitrogen and oxygen atoms in total. The van der Waals surface area contributed by atoms with Gasteiger partial charge < -0.3 is 9.84 Å². The van der Waals surface area contributed by atoms with Crippen molar-refractivity contribution in [2.75, 3.05) is 5.32 Å². The molecule has 0 saturated carbocycles. The topological polar surface area (TPSA) is 55.1 Å². The van der Waals surface area contributed by atoms with Crippen LogP contribution in [-0.2, 0) is 16.6 Å². The van der Waals surface area contributed by atoms with E-state index in [1.54, 1.807) is 0 Å². The van der Waals surface area contributed by atoms with E-state index in [4.69, 9.17) is 4.52 Å². The molecule has 1 amide bonds. The monoisotopic (exact) mass is 242 g/mol. The number of carbonyl (C=O) groups is 1. The van der Waals surface area contributed by atoms with Crippen molar-refractivity contribution in [2.45, 2.75) is 25.7 Å². The first-order valence-electron chi connectivity index (χ1n) is 5.93. The van der Waals surface area contributed by atoms with E-state index >= 15 is 0 Å². The quantitative estimate of drug-likeness (QED) is 0.880. The first-order valence-corrected chi connectivity index (χ1v) is 5.93. The van der Waals surface area contributed by atoms with Gasteiger partial charge >= 0.3 is 0 Å². The lowest BCUT2D eigenvalue weighted by Gasteiger charge is -2.20. The first kappa shape index (κ1) is 11.0. The van der Waals surface area contributed by atoms with Crippen LogP contribution in [0.15, 0.2) is 34.9 Å². The number of anilines is 1. The lowest BCUT2D eigenvalue weighted by molar-refractivity contribution is -0.120. The Hall–Kier alpha value is -2.10. The molecule has 0 spiro atoms. The van der Waals surface area contributed by atoms with Crippen LogP contribution in [0.3, 0.4) is 0 Å². The zero-order chi connectivity index (χ0) is 12.8. The van der Waals surface area contributed by atoms with E-state index in [1.807, 2.05) is 44.2 Å². The van der Waals surface area contributed by atoms with Gasteiger partial charge in [0.25, 0.3) is 0 Å². The maximum atomic E-state index is 12.2. The van der Waals surface area contributed by atoms with Crippen LogP contribution < -0.4 is 5.32 Å².